The Balaban J connectivity index is 0.000000671. The molecule has 0 aromatic heterocycles. The van der Waals surface area contributed by atoms with E-state index in [-0.39, 0.29) is 0 Å². The zero-order valence-corrected chi connectivity index (χ0v) is 15.2. The lowest BCUT2D eigenvalue weighted by Gasteiger charge is -2.25. The molecule has 1 atom stereocenters. The van der Waals surface area contributed by atoms with Gasteiger partial charge in [-0.1, -0.05) is 93.5 Å². The first kappa shape index (κ1) is 19.7. The van der Waals surface area contributed by atoms with Gasteiger partial charge in [-0.25, -0.2) is 0 Å². The van der Waals surface area contributed by atoms with Crippen LogP contribution in [0.3, 0.4) is 0 Å². The summed E-state index contributed by atoms with van der Waals surface area (Å²) in [6, 6.07) is 20.9. The second-order valence-corrected chi connectivity index (χ2v) is 5.06. The molecule has 128 valence electrons. The molecule has 0 spiro atoms. The van der Waals surface area contributed by atoms with E-state index in [1.165, 1.54) is 16.7 Å². The third-order valence-electron chi connectivity index (χ3n) is 3.82. The molecule has 0 aliphatic heterocycles. The molecular weight excluding hydrogens is 294 g/mol. The lowest BCUT2D eigenvalue weighted by atomic mass is 9.79. The molecule has 0 saturated heterocycles. The minimum Gasteiger partial charge on any atom is -0.411 e. The SMILES string of the molecule is CC.CC.ON=C1C=C(c2ccccc2)C(c2ccccc2)CC1. The van der Waals surface area contributed by atoms with Gasteiger partial charge in [-0.05, 0) is 35.6 Å². The number of hydrogen-bond acceptors (Lipinski definition) is 2. The molecule has 0 heterocycles. The van der Waals surface area contributed by atoms with Crippen LogP contribution in [0, 0.1) is 0 Å². The van der Waals surface area contributed by atoms with Crippen molar-refractivity contribution in [3.05, 3.63) is 77.9 Å². The molecular formula is C22H29NO. The van der Waals surface area contributed by atoms with Gasteiger partial charge in [0.05, 0.1) is 5.71 Å². The van der Waals surface area contributed by atoms with Crippen molar-refractivity contribution in [2.75, 3.05) is 0 Å². The van der Waals surface area contributed by atoms with Crippen LogP contribution in [-0.4, -0.2) is 10.9 Å². The van der Waals surface area contributed by atoms with Gasteiger partial charge in [0.2, 0.25) is 0 Å². The first-order chi connectivity index (χ1) is 11.9. The Kier molecular flexibility index (Phi) is 9.21. The van der Waals surface area contributed by atoms with Gasteiger partial charge >= 0.3 is 0 Å². The molecule has 24 heavy (non-hydrogen) atoms. The third-order valence-corrected chi connectivity index (χ3v) is 3.82. The van der Waals surface area contributed by atoms with Crippen molar-refractivity contribution in [3.8, 4) is 0 Å². The van der Waals surface area contributed by atoms with Gasteiger partial charge in [-0.3, -0.25) is 0 Å². The van der Waals surface area contributed by atoms with Crippen molar-refractivity contribution in [2.24, 2.45) is 5.16 Å². The van der Waals surface area contributed by atoms with Crippen molar-refractivity contribution in [3.63, 3.8) is 0 Å². The van der Waals surface area contributed by atoms with E-state index >= 15 is 0 Å². The van der Waals surface area contributed by atoms with Gasteiger partial charge in [0.15, 0.2) is 0 Å². The van der Waals surface area contributed by atoms with Crippen LogP contribution in [-0.2, 0) is 0 Å². The van der Waals surface area contributed by atoms with Crippen molar-refractivity contribution in [1.29, 1.82) is 0 Å². The van der Waals surface area contributed by atoms with E-state index in [1.54, 1.807) is 0 Å². The van der Waals surface area contributed by atoms with Crippen LogP contribution in [0.15, 0.2) is 71.9 Å². The maximum absolute atomic E-state index is 9.06. The number of rotatable bonds is 2. The van der Waals surface area contributed by atoms with Gasteiger partial charge in [-0.15, -0.1) is 0 Å². The molecule has 2 aromatic carbocycles. The molecule has 0 saturated carbocycles. The fraction of sp³-hybridized carbons (Fsp3) is 0.318. The Hall–Kier alpha value is -2.35. The molecule has 2 nitrogen and oxygen atoms in total. The number of benzene rings is 2. The molecule has 1 unspecified atom stereocenters. The largest absolute Gasteiger partial charge is 0.411 e. The summed E-state index contributed by atoms with van der Waals surface area (Å²) in [6.07, 6.45) is 3.81. The molecule has 0 fully saturated rings. The summed E-state index contributed by atoms with van der Waals surface area (Å²) >= 11 is 0. The molecule has 2 aromatic rings. The average molecular weight is 323 g/mol. The summed E-state index contributed by atoms with van der Waals surface area (Å²) in [5, 5.41) is 12.4. The zero-order valence-electron chi connectivity index (χ0n) is 15.2. The highest BCUT2D eigenvalue weighted by atomic mass is 16.4. The predicted octanol–water partition coefficient (Wildman–Crippen LogP) is 6.53. The minimum absolute atomic E-state index is 0.365. The van der Waals surface area contributed by atoms with Crippen molar-refractivity contribution >= 4 is 11.3 Å². The topological polar surface area (TPSA) is 32.6 Å². The summed E-state index contributed by atoms with van der Waals surface area (Å²) in [5.41, 5.74) is 4.51. The second kappa shape index (κ2) is 11.2. The van der Waals surface area contributed by atoms with Gasteiger partial charge in [0.1, 0.15) is 0 Å². The van der Waals surface area contributed by atoms with E-state index in [4.69, 9.17) is 5.21 Å². The molecule has 1 aliphatic carbocycles. The van der Waals surface area contributed by atoms with Crippen LogP contribution < -0.4 is 0 Å². The maximum atomic E-state index is 9.06. The minimum atomic E-state index is 0.365. The summed E-state index contributed by atoms with van der Waals surface area (Å²) in [7, 11) is 0. The van der Waals surface area contributed by atoms with Crippen molar-refractivity contribution in [1.82, 2.24) is 0 Å². The van der Waals surface area contributed by atoms with Gasteiger partial charge < -0.3 is 5.21 Å². The first-order valence-electron chi connectivity index (χ1n) is 8.91. The third kappa shape index (κ3) is 5.09. The van der Waals surface area contributed by atoms with Gasteiger partial charge in [-0.2, -0.15) is 0 Å². The zero-order chi connectivity index (χ0) is 17.8. The monoisotopic (exact) mass is 323 g/mol. The first-order valence-corrected chi connectivity index (χ1v) is 8.91. The number of allylic oxidation sites excluding steroid dienone is 2. The summed E-state index contributed by atoms with van der Waals surface area (Å²) in [4.78, 5) is 0. The van der Waals surface area contributed by atoms with Crippen LogP contribution in [0.5, 0.6) is 0 Å². The molecule has 0 amide bonds. The smallest absolute Gasteiger partial charge is 0.0799 e. The van der Waals surface area contributed by atoms with Crippen molar-refractivity contribution < 1.29 is 5.21 Å². The van der Waals surface area contributed by atoms with Crippen LogP contribution >= 0.6 is 0 Å². The fourth-order valence-electron chi connectivity index (χ4n) is 2.83. The van der Waals surface area contributed by atoms with E-state index < -0.39 is 0 Å². The summed E-state index contributed by atoms with van der Waals surface area (Å²) in [6.45, 7) is 8.00. The van der Waals surface area contributed by atoms with Crippen LogP contribution in [0.2, 0.25) is 0 Å². The Bertz CT molecular complexity index is 630. The quantitative estimate of drug-likeness (QED) is 0.494. The summed E-state index contributed by atoms with van der Waals surface area (Å²) in [5.74, 6) is 0.365. The average Bonchev–Trinajstić information content (AvgIpc) is 2.72. The molecule has 1 N–H and O–H groups in total. The van der Waals surface area contributed by atoms with Crippen LogP contribution in [0.4, 0.5) is 0 Å². The lowest BCUT2D eigenvalue weighted by molar-refractivity contribution is 0.318. The Labute approximate surface area is 146 Å². The van der Waals surface area contributed by atoms with E-state index in [1.807, 2.05) is 58.0 Å². The Morgan fingerprint density at radius 2 is 1.38 bits per heavy atom. The normalized spacial score (nSPS) is 17.8. The molecule has 2 heteroatoms. The maximum Gasteiger partial charge on any atom is 0.0799 e. The number of oxime groups is 1. The molecule has 0 bridgehead atoms. The van der Waals surface area contributed by atoms with E-state index in [0.29, 0.717) is 5.92 Å². The Morgan fingerprint density at radius 3 is 1.92 bits per heavy atom. The standard InChI is InChI=1S/C18H17NO.2C2H6/c20-19-16-11-12-17(14-7-3-1-4-8-14)18(13-16)15-9-5-2-6-10-15;2*1-2/h1-10,13,17,20H,11-12H2;2*1-2H3. The lowest BCUT2D eigenvalue weighted by Crippen LogP contribution is -2.12. The van der Waals surface area contributed by atoms with Crippen LogP contribution in [0.1, 0.15) is 57.6 Å². The fourth-order valence-corrected chi connectivity index (χ4v) is 2.83. The second-order valence-electron chi connectivity index (χ2n) is 5.06. The molecule has 3 rings (SSSR count). The highest BCUT2D eigenvalue weighted by molar-refractivity contribution is 6.03. The number of nitrogens with zero attached hydrogens (tertiary/aromatic N) is 1. The highest BCUT2D eigenvalue weighted by Crippen LogP contribution is 2.38. The van der Waals surface area contributed by atoms with E-state index in [0.717, 1.165) is 18.6 Å². The summed E-state index contributed by atoms with van der Waals surface area (Å²) < 4.78 is 0. The number of hydrogen-bond donors (Lipinski definition) is 1. The van der Waals surface area contributed by atoms with Crippen molar-refractivity contribution in [2.45, 2.75) is 46.5 Å². The Morgan fingerprint density at radius 1 is 0.833 bits per heavy atom. The highest BCUT2D eigenvalue weighted by Gasteiger charge is 2.23. The molecule has 1 aliphatic rings. The predicted molar refractivity (Wildman–Crippen MR) is 105 cm³/mol. The van der Waals surface area contributed by atoms with E-state index in [9.17, 15) is 0 Å². The molecule has 0 radical (unpaired) electrons. The van der Waals surface area contributed by atoms with E-state index in [2.05, 4.69) is 41.6 Å². The van der Waals surface area contributed by atoms with Crippen LogP contribution in [0.25, 0.3) is 5.57 Å². The van der Waals surface area contributed by atoms with Gasteiger partial charge in [0.25, 0.3) is 0 Å². The van der Waals surface area contributed by atoms with Gasteiger partial charge in [0, 0.05) is 5.92 Å².